The zero-order valence-electron chi connectivity index (χ0n) is 9.96. The molecular formula is C15H18FI. The van der Waals surface area contributed by atoms with E-state index in [0.29, 0.717) is 9.49 Å². The Balaban J connectivity index is 2.00. The van der Waals surface area contributed by atoms with Crippen LogP contribution in [-0.2, 0) is 0 Å². The van der Waals surface area contributed by atoms with Gasteiger partial charge in [0.1, 0.15) is 5.82 Å². The van der Waals surface area contributed by atoms with Crippen LogP contribution in [0.5, 0.6) is 0 Å². The lowest BCUT2D eigenvalue weighted by Crippen LogP contribution is -2.13. The van der Waals surface area contributed by atoms with E-state index in [0.717, 1.165) is 12.3 Å². The standard InChI is InChI=1S/C15H18FI/c1-2-3-11-4-6-12(7-5-11)13-8-9-15(17)14(16)10-13/h2,8-12H,1,3-7H2. The van der Waals surface area contributed by atoms with Gasteiger partial charge in [-0.15, -0.1) is 6.58 Å². The molecule has 1 aromatic carbocycles. The van der Waals surface area contributed by atoms with Crippen LogP contribution in [0.4, 0.5) is 4.39 Å². The Morgan fingerprint density at radius 3 is 2.59 bits per heavy atom. The molecule has 1 fully saturated rings. The summed E-state index contributed by atoms with van der Waals surface area (Å²) in [5, 5.41) is 0. The minimum absolute atomic E-state index is 0.0729. The number of allylic oxidation sites excluding steroid dienone is 1. The smallest absolute Gasteiger partial charge is 0.136 e. The molecule has 1 aliphatic carbocycles. The molecule has 0 unspecified atom stereocenters. The molecule has 0 N–H and O–H groups in total. The van der Waals surface area contributed by atoms with E-state index in [1.165, 1.54) is 31.2 Å². The molecule has 2 rings (SSSR count). The van der Waals surface area contributed by atoms with Crippen molar-refractivity contribution in [3.8, 4) is 0 Å². The van der Waals surface area contributed by atoms with Gasteiger partial charge in [0.25, 0.3) is 0 Å². The Morgan fingerprint density at radius 1 is 1.29 bits per heavy atom. The van der Waals surface area contributed by atoms with E-state index in [2.05, 4.69) is 12.6 Å². The van der Waals surface area contributed by atoms with Gasteiger partial charge in [-0.25, -0.2) is 4.39 Å². The van der Waals surface area contributed by atoms with Crippen LogP contribution in [0.3, 0.4) is 0 Å². The summed E-state index contributed by atoms with van der Waals surface area (Å²) in [4.78, 5) is 0. The van der Waals surface area contributed by atoms with E-state index in [-0.39, 0.29) is 5.82 Å². The van der Waals surface area contributed by atoms with Gasteiger partial charge >= 0.3 is 0 Å². The first-order valence-corrected chi connectivity index (χ1v) is 7.34. The summed E-state index contributed by atoms with van der Waals surface area (Å²) < 4.78 is 14.2. The number of hydrogen-bond acceptors (Lipinski definition) is 0. The quantitative estimate of drug-likeness (QED) is 0.517. The van der Waals surface area contributed by atoms with E-state index in [1.54, 1.807) is 6.07 Å². The molecule has 0 amide bonds. The van der Waals surface area contributed by atoms with Gasteiger partial charge < -0.3 is 0 Å². The largest absolute Gasteiger partial charge is 0.206 e. The molecule has 0 aliphatic heterocycles. The fourth-order valence-electron chi connectivity index (χ4n) is 2.73. The lowest BCUT2D eigenvalue weighted by atomic mass is 9.77. The molecule has 0 saturated heterocycles. The van der Waals surface area contributed by atoms with Gasteiger partial charge in [-0.3, -0.25) is 0 Å². The van der Waals surface area contributed by atoms with Crippen LogP contribution in [0.1, 0.15) is 43.6 Å². The van der Waals surface area contributed by atoms with Crippen LogP contribution in [0, 0.1) is 15.3 Å². The molecule has 0 atom stereocenters. The van der Waals surface area contributed by atoms with E-state index in [9.17, 15) is 4.39 Å². The third-order valence-electron chi connectivity index (χ3n) is 3.76. The van der Waals surface area contributed by atoms with Gasteiger partial charge in [-0.1, -0.05) is 12.1 Å². The molecule has 0 bridgehead atoms. The average Bonchev–Trinajstić information content (AvgIpc) is 2.34. The van der Waals surface area contributed by atoms with Gasteiger partial charge in [0.05, 0.1) is 0 Å². The first-order valence-electron chi connectivity index (χ1n) is 6.26. The lowest BCUT2D eigenvalue weighted by Gasteiger charge is -2.28. The molecule has 1 saturated carbocycles. The van der Waals surface area contributed by atoms with Gasteiger partial charge in [0.15, 0.2) is 0 Å². The highest BCUT2D eigenvalue weighted by Crippen LogP contribution is 2.37. The first kappa shape index (κ1) is 13.1. The van der Waals surface area contributed by atoms with Crippen LogP contribution in [0.15, 0.2) is 30.9 Å². The van der Waals surface area contributed by atoms with E-state index < -0.39 is 0 Å². The number of hydrogen-bond donors (Lipinski definition) is 0. The summed E-state index contributed by atoms with van der Waals surface area (Å²) >= 11 is 2.04. The summed E-state index contributed by atoms with van der Waals surface area (Å²) in [6, 6.07) is 5.70. The maximum Gasteiger partial charge on any atom is 0.136 e. The molecule has 0 radical (unpaired) electrons. The molecule has 1 aliphatic rings. The number of halogens is 2. The second-order valence-electron chi connectivity index (χ2n) is 4.92. The Hall–Kier alpha value is -0.380. The molecule has 0 spiro atoms. The molecule has 0 nitrogen and oxygen atoms in total. The number of rotatable bonds is 3. The highest BCUT2D eigenvalue weighted by molar-refractivity contribution is 14.1. The molecule has 0 heterocycles. The normalized spacial score (nSPS) is 24.6. The SMILES string of the molecule is C=CCC1CCC(c2ccc(I)c(F)c2)CC1. The van der Waals surface area contributed by atoms with Crippen molar-refractivity contribution >= 4 is 22.6 Å². The summed E-state index contributed by atoms with van der Waals surface area (Å²) in [6.45, 7) is 3.80. The van der Waals surface area contributed by atoms with Crippen LogP contribution >= 0.6 is 22.6 Å². The summed E-state index contributed by atoms with van der Waals surface area (Å²) in [7, 11) is 0. The highest BCUT2D eigenvalue weighted by Gasteiger charge is 2.21. The van der Waals surface area contributed by atoms with Crippen molar-refractivity contribution in [1.82, 2.24) is 0 Å². The average molecular weight is 344 g/mol. The van der Waals surface area contributed by atoms with Crippen molar-refractivity contribution in [3.05, 3.63) is 45.8 Å². The number of benzene rings is 1. The Labute approximate surface area is 116 Å². The molecular weight excluding hydrogens is 326 g/mol. The van der Waals surface area contributed by atoms with E-state index in [4.69, 9.17) is 0 Å². The third kappa shape index (κ3) is 3.30. The summed E-state index contributed by atoms with van der Waals surface area (Å²) in [5.41, 5.74) is 1.18. The third-order valence-corrected chi connectivity index (χ3v) is 4.64. The van der Waals surface area contributed by atoms with Crippen LogP contribution in [0.25, 0.3) is 0 Å². The van der Waals surface area contributed by atoms with Crippen molar-refractivity contribution in [2.45, 2.75) is 38.0 Å². The minimum atomic E-state index is -0.0729. The van der Waals surface area contributed by atoms with Crippen molar-refractivity contribution in [1.29, 1.82) is 0 Å². The Kier molecular flexibility index (Phi) is 4.60. The van der Waals surface area contributed by atoms with Crippen LogP contribution in [0.2, 0.25) is 0 Å². The minimum Gasteiger partial charge on any atom is -0.206 e. The summed E-state index contributed by atoms with van der Waals surface area (Å²) in [5.74, 6) is 1.29. The van der Waals surface area contributed by atoms with Gasteiger partial charge in [0, 0.05) is 3.57 Å². The topological polar surface area (TPSA) is 0 Å². The highest BCUT2D eigenvalue weighted by atomic mass is 127. The van der Waals surface area contributed by atoms with Gasteiger partial charge in [-0.05, 0) is 84.2 Å². The second-order valence-corrected chi connectivity index (χ2v) is 6.08. The zero-order valence-corrected chi connectivity index (χ0v) is 12.1. The van der Waals surface area contributed by atoms with E-state index >= 15 is 0 Å². The van der Waals surface area contributed by atoms with Gasteiger partial charge in [0.2, 0.25) is 0 Å². The Morgan fingerprint density at radius 2 is 2.00 bits per heavy atom. The fraction of sp³-hybridized carbons (Fsp3) is 0.467. The summed E-state index contributed by atoms with van der Waals surface area (Å²) in [6.07, 6.45) is 8.05. The first-order chi connectivity index (χ1) is 8.20. The van der Waals surface area contributed by atoms with Gasteiger partial charge in [-0.2, -0.15) is 0 Å². The molecule has 2 heteroatoms. The maximum absolute atomic E-state index is 13.5. The van der Waals surface area contributed by atoms with Crippen LogP contribution in [-0.4, -0.2) is 0 Å². The molecule has 0 aromatic heterocycles. The lowest BCUT2D eigenvalue weighted by molar-refractivity contribution is 0.328. The van der Waals surface area contributed by atoms with E-state index in [1.807, 2.05) is 34.7 Å². The predicted molar refractivity (Wildman–Crippen MR) is 78.6 cm³/mol. The van der Waals surface area contributed by atoms with Crippen molar-refractivity contribution in [3.63, 3.8) is 0 Å². The molecule has 1 aromatic rings. The molecule has 17 heavy (non-hydrogen) atoms. The maximum atomic E-state index is 13.5. The Bertz CT molecular complexity index is 392. The van der Waals surface area contributed by atoms with Crippen LogP contribution < -0.4 is 0 Å². The fourth-order valence-corrected chi connectivity index (χ4v) is 3.07. The zero-order chi connectivity index (χ0) is 12.3. The second kappa shape index (κ2) is 5.98. The van der Waals surface area contributed by atoms with Crippen molar-refractivity contribution in [2.24, 2.45) is 5.92 Å². The van der Waals surface area contributed by atoms with Crippen molar-refractivity contribution in [2.75, 3.05) is 0 Å². The monoisotopic (exact) mass is 344 g/mol. The predicted octanol–water partition coefficient (Wildman–Crippen LogP) is 5.28. The molecule has 92 valence electrons. The van der Waals surface area contributed by atoms with Crippen molar-refractivity contribution < 1.29 is 4.39 Å².